The monoisotopic (exact) mass is 338 g/mol. The van der Waals surface area contributed by atoms with Gasteiger partial charge < -0.3 is 15.4 Å². The summed E-state index contributed by atoms with van der Waals surface area (Å²) in [6, 6.07) is 7.16. The number of ether oxygens (including phenoxy) is 1. The van der Waals surface area contributed by atoms with Gasteiger partial charge in [-0.1, -0.05) is 60.8 Å². The fourth-order valence-corrected chi connectivity index (χ4v) is 1.76. The van der Waals surface area contributed by atoms with Crippen molar-refractivity contribution < 1.29 is 9.53 Å². The number of alkyl halides is 3. The zero-order valence-electron chi connectivity index (χ0n) is 11.4. The summed E-state index contributed by atoms with van der Waals surface area (Å²) in [5, 5.41) is 5.63. The molecule has 0 unspecified atom stereocenters. The second kappa shape index (κ2) is 7.25. The van der Waals surface area contributed by atoms with Crippen molar-refractivity contribution in [1.29, 1.82) is 0 Å². The van der Waals surface area contributed by atoms with E-state index in [1.54, 1.807) is 26.0 Å². The molecule has 0 radical (unpaired) electrons. The molecule has 1 aromatic rings. The molecule has 4 nitrogen and oxygen atoms in total. The Balaban J connectivity index is 2.93. The van der Waals surface area contributed by atoms with Gasteiger partial charge in [0.15, 0.2) is 0 Å². The predicted molar refractivity (Wildman–Crippen MR) is 83.7 cm³/mol. The highest BCUT2D eigenvalue weighted by Gasteiger charge is 2.34. The molecule has 0 aromatic heterocycles. The molecule has 0 saturated carbocycles. The molecule has 1 rings (SSSR count). The van der Waals surface area contributed by atoms with E-state index < -0.39 is 9.96 Å². The third kappa shape index (κ3) is 4.93. The normalized spacial score (nSPS) is 12.9. The standard InChI is InChI=1S/C13H17Cl3N2O2/c1-8(2)11(19)18-12(13(14,15)16)17-9-6-4-5-7-10(9)20-3/h4-8,12,17H,1-3H3,(H,18,19)/t12-/m0/s1. The number of amides is 1. The number of carbonyl (C=O) groups excluding carboxylic acids is 1. The van der Waals surface area contributed by atoms with Crippen LogP contribution in [-0.2, 0) is 4.79 Å². The number of hydrogen-bond donors (Lipinski definition) is 2. The molecule has 1 atom stereocenters. The lowest BCUT2D eigenvalue weighted by Gasteiger charge is -2.28. The van der Waals surface area contributed by atoms with E-state index in [0.29, 0.717) is 11.4 Å². The zero-order chi connectivity index (χ0) is 15.3. The molecular formula is C13H17Cl3N2O2. The fourth-order valence-electron chi connectivity index (χ4n) is 1.43. The van der Waals surface area contributed by atoms with E-state index in [-0.39, 0.29) is 11.8 Å². The van der Waals surface area contributed by atoms with Crippen molar-refractivity contribution in [2.75, 3.05) is 12.4 Å². The van der Waals surface area contributed by atoms with E-state index in [9.17, 15) is 4.79 Å². The molecule has 2 N–H and O–H groups in total. The van der Waals surface area contributed by atoms with Gasteiger partial charge in [-0.15, -0.1) is 0 Å². The summed E-state index contributed by atoms with van der Waals surface area (Å²) in [6.07, 6.45) is -0.876. The minimum absolute atomic E-state index is 0.218. The summed E-state index contributed by atoms with van der Waals surface area (Å²) < 4.78 is 3.50. The zero-order valence-corrected chi connectivity index (χ0v) is 13.7. The predicted octanol–water partition coefficient (Wildman–Crippen LogP) is 3.58. The highest BCUT2D eigenvalue weighted by molar-refractivity contribution is 6.68. The second-order valence-corrected chi connectivity index (χ2v) is 6.85. The first kappa shape index (κ1) is 17.2. The number of benzene rings is 1. The Hall–Kier alpha value is -0.840. The molecule has 0 bridgehead atoms. The Morgan fingerprint density at radius 2 is 1.85 bits per heavy atom. The van der Waals surface area contributed by atoms with Crippen LogP contribution in [0.1, 0.15) is 13.8 Å². The van der Waals surface area contributed by atoms with Gasteiger partial charge in [-0.2, -0.15) is 0 Å². The van der Waals surface area contributed by atoms with Gasteiger partial charge in [0.25, 0.3) is 0 Å². The Kier molecular flexibility index (Phi) is 6.24. The van der Waals surface area contributed by atoms with Gasteiger partial charge in [-0.3, -0.25) is 4.79 Å². The number of rotatable bonds is 5. The van der Waals surface area contributed by atoms with Crippen LogP contribution in [0.15, 0.2) is 24.3 Å². The average molecular weight is 340 g/mol. The third-order valence-corrected chi connectivity index (χ3v) is 3.20. The van der Waals surface area contributed by atoms with Crippen LogP contribution in [0.2, 0.25) is 0 Å². The van der Waals surface area contributed by atoms with Gasteiger partial charge in [-0.25, -0.2) is 0 Å². The largest absolute Gasteiger partial charge is 0.495 e. The lowest BCUT2D eigenvalue weighted by atomic mass is 10.2. The van der Waals surface area contributed by atoms with Crippen LogP contribution in [-0.4, -0.2) is 23.0 Å². The van der Waals surface area contributed by atoms with Crippen LogP contribution in [0.5, 0.6) is 5.75 Å². The van der Waals surface area contributed by atoms with E-state index in [0.717, 1.165) is 0 Å². The Bertz CT molecular complexity index is 461. The fraction of sp³-hybridized carbons (Fsp3) is 0.462. The third-order valence-electron chi connectivity index (χ3n) is 2.55. The minimum atomic E-state index is -1.70. The number of para-hydroxylation sites is 2. The summed E-state index contributed by atoms with van der Waals surface area (Å²) in [6.45, 7) is 3.52. The van der Waals surface area contributed by atoms with Gasteiger partial charge in [0.05, 0.1) is 12.8 Å². The van der Waals surface area contributed by atoms with Gasteiger partial charge >= 0.3 is 0 Å². The maximum Gasteiger partial charge on any atom is 0.228 e. The SMILES string of the molecule is COc1ccccc1N[C@@H](NC(=O)C(C)C)C(Cl)(Cl)Cl. The summed E-state index contributed by atoms with van der Waals surface area (Å²) in [5.74, 6) is 0.151. The van der Waals surface area contributed by atoms with Crippen LogP contribution >= 0.6 is 34.8 Å². The molecule has 20 heavy (non-hydrogen) atoms. The first-order valence-electron chi connectivity index (χ1n) is 6.02. The summed E-state index contributed by atoms with van der Waals surface area (Å²) >= 11 is 17.7. The number of halogens is 3. The maximum atomic E-state index is 11.8. The number of methoxy groups -OCH3 is 1. The van der Waals surface area contributed by atoms with Gasteiger partial charge in [0.2, 0.25) is 9.70 Å². The number of carbonyl (C=O) groups is 1. The highest BCUT2D eigenvalue weighted by Crippen LogP contribution is 2.33. The van der Waals surface area contributed by atoms with E-state index in [4.69, 9.17) is 39.5 Å². The van der Waals surface area contributed by atoms with Crippen molar-refractivity contribution in [1.82, 2.24) is 5.32 Å². The Labute approximate surface area is 133 Å². The van der Waals surface area contributed by atoms with Crippen LogP contribution in [0, 0.1) is 5.92 Å². The molecule has 0 spiro atoms. The Morgan fingerprint density at radius 1 is 1.25 bits per heavy atom. The maximum absolute atomic E-state index is 11.8. The van der Waals surface area contributed by atoms with Crippen molar-refractivity contribution in [2.24, 2.45) is 5.92 Å². The van der Waals surface area contributed by atoms with E-state index in [1.807, 2.05) is 12.1 Å². The van der Waals surface area contributed by atoms with Crippen molar-refractivity contribution in [2.45, 2.75) is 23.8 Å². The molecular weight excluding hydrogens is 323 g/mol. The topological polar surface area (TPSA) is 50.4 Å². The molecule has 1 amide bonds. The average Bonchev–Trinajstić information content (AvgIpc) is 2.37. The lowest BCUT2D eigenvalue weighted by molar-refractivity contribution is -0.124. The molecule has 0 fully saturated rings. The lowest BCUT2D eigenvalue weighted by Crippen LogP contribution is -2.50. The smallest absolute Gasteiger partial charge is 0.228 e. The molecule has 0 aliphatic rings. The van der Waals surface area contributed by atoms with E-state index in [1.165, 1.54) is 7.11 Å². The molecule has 0 heterocycles. The molecule has 7 heteroatoms. The minimum Gasteiger partial charge on any atom is -0.495 e. The molecule has 0 saturated heterocycles. The number of anilines is 1. The van der Waals surface area contributed by atoms with Crippen molar-refractivity contribution in [3.63, 3.8) is 0 Å². The van der Waals surface area contributed by atoms with Crippen molar-refractivity contribution in [3.05, 3.63) is 24.3 Å². The first-order chi connectivity index (χ1) is 9.25. The van der Waals surface area contributed by atoms with Gasteiger partial charge in [-0.05, 0) is 12.1 Å². The summed E-state index contributed by atoms with van der Waals surface area (Å²) in [7, 11) is 1.54. The summed E-state index contributed by atoms with van der Waals surface area (Å²) in [5.41, 5.74) is 0.621. The van der Waals surface area contributed by atoms with Crippen LogP contribution in [0.4, 0.5) is 5.69 Å². The van der Waals surface area contributed by atoms with Crippen LogP contribution in [0.3, 0.4) is 0 Å². The van der Waals surface area contributed by atoms with Crippen molar-refractivity contribution in [3.8, 4) is 5.75 Å². The second-order valence-electron chi connectivity index (χ2n) is 4.48. The van der Waals surface area contributed by atoms with Gasteiger partial charge in [0.1, 0.15) is 11.9 Å². The highest BCUT2D eigenvalue weighted by atomic mass is 35.6. The van der Waals surface area contributed by atoms with Crippen molar-refractivity contribution >= 4 is 46.4 Å². The number of nitrogens with one attached hydrogen (secondary N) is 2. The number of hydrogen-bond acceptors (Lipinski definition) is 3. The van der Waals surface area contributed by atoms with Crippen LogP contribution in [0.25, 0.3) is 0 Å². The van der Waals surface area contributed by atoms with E-state index >= 15 is 0 Å². The van der Waals surface area contributed by atoms with Crippen LogP contribution < -0.4 is 15.4 Å². The quantitative estimate of drug-likeness (QED) is 0.637. The molecule has 1 aromatic carbocycles. The Morgan fingerprint density at radius 3 is 2.35 bits per heavy atom. The molecule has 0 aliphatic heterocycles. The first-order valence-corrected chi connectivity index (χ1v) is 7.15. The summed E-state index contributed by atoms with van der Waals surface area (Å²) in [4.78, 5) is 11.8. The molecule has 0 aliphatic carbocycles. The molecule has 112 valence electrons. The van der Waals surface area contributed by atoms with Gasteiger partial charge in [0, 0.05) is 5.92 Å². The van der Waals surface area contributed by atoms with E-state index in [2.05, 4.69) is 10.6 Å².